The van der Waals surface area contributed by atoms with Gasteiger partial charge in [-0.2, -0.15) is 0 Å². The number of imide groups is 1. The van der Waals surface area contributed by atoms with Gasteiger partial charge in [-0.25, -0.2) is 4.39 Å². The van der Waals surface area contributed by atoms with Crippen LogP contribution in [0.3, 0.4) is 0 Å². The van der Waals surface area contributed by atoms with E-state index < -0.39 is 30.1 Å². The minimum Gasteiger partial charge on any atom is -0.480 e. The standard InChI is InChI=1S/C12H12FNO4/c1-8(15)14(7-12(17)18)11(16)6-9-3-2-4-10(13)5-9/h2-5H,6-7H2,1H3,(H,17,18). The molecular weight excluding hydrogens is 241 g/mol. The van der Waals surface area contributed by atoms with Crippen LogP contribution in [0.4, 0.5) is 4.39 Å². The SMILES string of the molecule is CC(=O)N(CC(=O)O)C(=O)Cc1cccc(F)c1. The van der Waals surface area contributed by atoms with E-state index in [0.29, 0.717) is 10.5 Å². The molecule has 0 saturated heterocycles. The smallest absolute Gasteiger partial charge is 0.323 e. The number of nitrogens with zero attached hydrogens (tertiary/aromatic N) is 1. The van der Waals surface area contributed by atoms with E-state index in [9.17, 15) is 18.8 Å². The lowest BCUT2D eigenvalue weighted by atomic mass is 10.1. The van der Waals surface area contributed by atoms with E-state index >= 15 is 0 Å². The summed E-state index contributed by atoms with van der Waals surface area (Å²) < 4.78 is 12.9. The summed E-state index contributed by atoms with van der Waals surface area (Å²) in [6, 6.07) is 5.36. The highest BCUT2D eigenvalue weighted by Gasteiger charge is 2.20. The summed E-state index contributed by atoms with van der Waals surface area (Å²) in [6.07, 6.45) is -0.218. The number of rotatable bonds is 4. The van der Waals surface area contributed by atoms with Gasteiger partial charge in [-0.15, -0.1) is 0 Å². The highest BCUT2D eigenvalue weighted by atomic mass is 19.1. The molecule has 1 N–H and O–H groups in total. The van der Waals surface area contributed by atoms with Gasteiger partial charge in [-0.3, -0.25) is 19.3 Å². The normalized spacial score (nSPS) is 9.89. The molecule has 96 valence electrons. The predicted molar refractivity (Wildman–Crippen MR) is 60.1 cm³/mol. The number of hydrogen-bond acceptors (Lipinski definition) is 3. The van der Waals surface area contributed by atoms with Gasteiger partial charge in [0.25, 0.3) is 0 Å². The van der Waals surface area contributed by atoms with Gasteiger partial charge in [-0.05, 0) is 17.7 Å². The largest absolute Gasteiger partial charge is 0.480 e. The molecule has 18 heavy (non-hydrogen) atoms. The van der Waals surface area contributed by atoms with Crippen LogP contribution in [-0.2, 0) is 20.8 Å². The predicted octanol–water partition coefficient (Wildman–Crippen LogP) is 0.828. The fourth-order valence-electron chi connectivity index (χ4n) is 1.43. The van der Waals surface area contributed by atoms with Crippen molar-refractivity contribution in [3.05, 3.63) is 35.6 Å². The Morgan fingerprint density at radius 1 is 1.33 bits per heavy atom. The quantitative estimate of drug-likeness (QED) is 0.862. The first-order chi connectivity index (χ1) is 8.40. The molecule has 0 atom stereocenters. The van der Waals surface area contributed by atoms with Crippen LogP contribution in [0.2, 0.25) is 0 Å². The van der Waals surface area contributed by atoms with E-state index in [0.717, 1.165) is 13.0 Å². The Kier molecular flexibility index (Phi) is 4.53. The van der Waals surface area contributed by atoms with E-state index in [-0.39, 0.29) is 6.42 Å². The average Bonchev–Trinajstić information content (AvgIpc) is 2.25. The van der Waals surface area contributed by atoms with Gasteiger partial charge in [0.2, 0.25) is 11.8 Å². The van der Waals surface area contributed by atoms with Crippen molar-refractivity contribution >= 4 is 17.8 Å². The first-order valence-corrected chi connectivity index (χ1v) is 5.17. The number of amides is 2. The van der Waals surface area contributed by atoms with Gasteiger partial charge in [0.1, 0.15) is 12.4 Å². The molecule has 0 heterocycles. The van der Waals surface area contributed by atoms with Crippen LogP contribution in [0.5, 0.6) is 0 Å². The molecule has 0 unspecified atom stereocenters. The van der Waals surface area contributed by atoms with Gasteiger partial charge in [0.05, 0.1) is 6.42 Å². The monoisotopic (exact) mass is 253 g/mol. The minimum atomic E-state index is -1.28. The average molecular weight is 253 g/mol. The molecule has 0 aliphatic heterocycles. The van der Waals surface area contributed by atoms with Crippen LogP contribution in [0, 0.1) is 5.82 Å². The number of halogens is 1. The third-order valence-electron chi connectivity index (χ3n) is 2.22. The maximum atomic E-state index is 12.9. The Morgan fingerprint density at radius 3 is 2.50 bits per heavy atom. The lowest BCUT2D eigenvalue weighted by Crippen LogP contribution is -2.40. The topological polar surface area (TPSA) is 74.7 Å². The molecule has 5 nitrogen and oxygen atoms in total. The van der Waals surface area contributed by atoms with Gasteiger partial charge in [0, 0.05) is 6.92 Å². The molecule has 0 aromatic heterocycles. The van der Waals surface area contributed by atoms with E-state index in [4.69, 9.17) is 5.11 Å². The fraction of sp³-hybridized carbons (Fsp3) is 0.250. The number of benzene rings is 1. The van der Waals surface area contributed by atoms with Crippen molar-refractivity contribution in [1.29, 1.82) is 0 Å². The number of hydrogen-bond donors (Lipinski definition) is 1. The molecule has 2 amide bonds. The van der Waals surface area contributed by atoms with E-state index in [1.165, 1.54) is 18.2 Å². The van der Waals surface area contributed by atoms with Gasteiger partial charge in [0.15, 0.2) is 0 Å². The van der Waals surface area contributed by atoms with Crippen molar-refractivity contribution in [2.45, 2.75) is 13.3 Å². The second kappa shape index (κ2) is 5.90. The lowest BCUT2D eigenvalue weighted by molar-refractivity contribution is -0.151. The van der Waals surface area contributed by atoms with Crippen molar-refractivity contribution in [3.63, 3.8) is 0 Å². The Balaban J connectivity index is 2.79. The number of aliphatic carboxylic acids is 1. The highest BCUT2D eigenvalue weighted by molar-refractivity contribution is 5.97. The number of carbonyl (C=O) groups is 3. The first kappa shape index (κ1) is 13.8. The Bertz CT molecular complexity index is 487. The molecule has 1 rings (SSSR count). The van der Waals surface area contributed by atoms with Crippen molar-refractivity contribution in [3.8, 4) is 0 Å². The number of carboxylic acid groups (broad SMARTS) is 1. The van der Waals surface area contributed by atoms with Crippen molar-refractivity contribution in [2.75, 3.05) is 6.54 Å². The highest BCUT2D eigenvalue weighted by Crippen LogP contribution is 2.06. The van der Waals surface area contributed by atoms with Crippen LogP contribution in [-0.4, -0.2) is 34.3 Å². The van der Waals surface area contributed by atoms with Gasteiger partial charge in [-0.1, -0.05) is 12.1 Å². The van der Waals surface area contributed by atoms with Crippen molar-refractivity contribution in [2.24, 2.45) is 0 Å². The summed E-state index contributed by atoms with van der Waals surface area (Å²) in [7, 11) is 0. The Hall–Kier alpha value is -2.24. The van der Waals surface area contributed by atoms with E-state index in [2.05, 4.69) is 0 Å². The van der Waals surface area contributed by atoms with Crippen LogP contribution in [0.1, 0.15) is 12.5 Å². The van der Waals surface area contributed by atoms with E-state index in [1.807, 2.05) is 0 Å². The molecule has 0 aliphatic carbocycles. The third-order valence-corrected chi connectivity index (χ3v) is 2.22. The summed E-state index contributed by atoms with van der Waals surface area (Å²) in [4.78, 5) is 34.0. The molecule has 0 saturated carbocycles. The molecule has 0 radical (unpaired) electrons. The summed E-state index contributed by atoms with van der Waals surface area (Å²) in [5, 5.41) is 8.59. The Labute approximate surface area is 103 Å². The van der Waals surface area contributed by atoms with Gasteiger partial charge < -0.3 is 5.11 Å². The van der Waals surface area contributed by atoms with Crippen LogP contribution in [0.25, 0.3) is 0 Å². The maximum Gasteiger partial charge on any atom is 0.323 e. The van der Waals surface area contributed by atoms with Crippen LogP contribution in [0.15, 0.2) is 24.3 Å². The Morgan fingerprint density at radius 2 is 2.00 bits per heavy atom. The van der Waals surface area contributed by atoms with E-state index in [1.54, 1.807) is 0 Å². The molecule has 0 bridgehead atoms. The summed E-state index contributed by atoms with van der Waals surface area (Å²) in [5.41, 5.74) is 0.386. The van der Waals surface area contributed by atoms with Crippen molar-refractivity contribution < 1.29 is 23.9 Å². The number of carboxylic acids is 1. The molecule has 6 heteroatoms. The summed E-state index contributed by atoms with van der Waals surface area (Å²) in [5.74, 6) is -3.10. The summed E-state index contributed by atoms with van der Waals surface area (Å²) >= 11 is 0. The fourth-order valence-corrected chi connectivity index (χ4v) is 1.43. The molecular formula is C12H12FNO4. The third kappa shape index (κ3) is 3.97. The van der Waals surface area contributed by atoms with Crippen molar-refractivity contribution in [1.82, 2.24) is 4.90 Å². The van der Waals surface area contributed by atoms with Gasteiger partial charge >= 0.3 is 5.97 Å². The summed E-state index contributed by atoms with van der Waals surface area (Å²) in [6.45, 7) is 0.413. The number of carbonyl (C=O) groups excluding carboxylic acids is 2. The molecule has 1 aromatic carbocycles. The second-order valence-electron chi connectivity index (χ2n) is 3.70. The zero-order valence-corrected chi connectivity index (χ0v) is 9.72. The zero-order chi connectivity index (χ0) is 13.7. The molecule has 0 aliphatic rings. The zero-order valence-electron chi connectivity index (χ0n) is 9.72. The molecule has 1 aromatic rings. The molecule has 0 fully saturated rings. The van der Waals surface area contributed by atoms with Crippen LogP contribution < -0.4 is 0 Å². The second-order valence-corrected chi connectivity index (χ2v) is 3.70. The maximum absolute atomic E-state index is 12.9. The minimum absolute atomic E-state index is 0.218. The van der Waals surface area contributed by atoms with Crippen LogP contribution >= 0.6 is 0 Å². The lowest BCUT2D eigenvalue weighted by Gasteiger charge is -2.16. The first-order valence-electron chi connectivity index (χ1n) is 5.17. The molecule has 0 spiro atoms.